The zero-order valence-electron chi connectivity index (χ0n) is 10.4. The molecule has 8 heteroatoms. The van der Waals surface area contributed by atoms with Gasteiger partial charge in [-0.2, -0.15) is 0 Å². The lowest BCUT2D eigenvalue weighted by atomic mass is 10.1. The van der Waals surface area contributed by atoms with Crippen molar-refractivity contribution in [2.24, 2.45) is 0 Å². The lowest BCUT2D eigenvalue weighted by molar-refractivity contribution is -0.387. The molecule has 0 aliphatic rings. The van der Waals surface area contributed by atoms with E-state index < -0.39 is 28.6 Å². The fourth-order valence-electron chi connectivity index (χ4n) is 1.61. The molecule has 1 aromatic heterocycles. The zero-order valence-corrected chi connectivity index (χ0v) is 10.4. The Hall–Kier alpha value is -2.12. The highest BCUT2D eigenvalue weighted by Gasteiger charge is 2.26. The highest BCUT2D eigenvalue weighted by Crippen LogP contribution is 2.31. The van der Waals surface area contributed by atoms with Gasteiger partial charge in [-0.15, -0.1) is 0 Å². The van der Waals surface area contributed by atoms with E-state index in [9.17, 15) is 23.7 Å². The molecule has 19 heavy (non-hydrogen) atoms. The van der Waals surface area contributed by atoms with Gasteiger partial charge in [-0.05, 0) is 19.9 Å². The summed E-state index contributed by atoms with van der Waals surface area (Å²) in [6.07, 6.45) is -3.31. The van der Waals surface area contributed by atoms with Crippen molar-refractivity contribution in [3.63, 3.8) is 0 Å². The van der Waals surface area contributed by atoms with E-state index in [1.54, 1.807) is 6.92 Å². The summed E-state index contributed by atoms with van der Waals surface area (Å²) in [5.74, 6) is -0.622. The maximum Gasteiger partial charge on any atom is 0.311 e. The molecule has 0 radical (unpaired) electrons. The van der Waals surface area contributed by atoms with Crippen LogP contribution < -0.4 is 0 Å². The molecule has 1 aromatic rings. The van der Waals surface area contributed by atoms with Gasteiger partial charge >= 0.3 is 5.97 Å². The molecule has 0 bridgehead atoms. The average Bonchev–Trinajstić information content (AvgIpc) is 2.27. The number of alkyl halides is 2. The highest BCUT2D eigenvalue weighted by molar-refractivity contribution is 5.72. The Morgan fingerprint density at radius 2 is 2.21 bits per heavy atom. The molecular weight excluding hydrogens is 262 g/mol. The monoisotopic (exact) mass is 274 g/mol. The molecule has 0 fully saturated rings. The number of hydrogen-bond acceptors (Lipinski definition) is 5. The van der Waals surface area contributed by atoms with E-state index in [2.05, 4.69) is 9.72 Å². The molecule has 0 aliphatic heterocycles. The highest BCUT2D eigenvalue weighted by atomic mass is 19.3. The molecule has 0 aliphatic carbocycles. The van der Waals surface area contributed by atoms with Crippen molar-refractivity contribution < 1.29 is 23.2 Å². The number of carbonyl (C=O) groups is 1. The minimum absolute atomic E-state index is 0.0249. The Morgan fingerprint density at radius 1 is 1.58 bits per heavy atom. The molecular formula is C11H12F2N2O4. The van der Waals surface area contributed by atoms with Gasteiger partial charge in [-0.1, -0.05) is 0 Å². The van der Waals surface area contributed by atoms with Crippen LogP contribution in [0.5, 0.6) is 0 Å². The van der Waals surface area contributed by atoms with Crippen molar-refractivity contribution >= 4 is 11.7 Å². The third kappa shape index (κ3) is 3.67. The minimum Gasteiger partial charge on any atom is -0.466 e. The molecule has 0 aromatic carbocycles. The summed E-state index contributed by atoms with van der Waals surface area (Å²) >= 11 is 0. The van der Waals surface area contributed by atoms with Gasteiger partial charge in [0.1, 0.15) is 5.69 Å². The summed E-state index contributed by atoms with van der Waals surface area (Å²) < 4.78 is 30.2. The van der Waals surface area contributed by atoms with Gasteiger partial charge in [0.25, 0.3) is 12.1 Å². The maximum absolute atomic E-state index is 12.8. The van der Waals surface area contributed by atoms with Crippen LogP contribution in [0.15, 0.2) is 6.07 Å². The molecule has 104 valence electrons. The predicted molar refractivity (Wildman–Crippen MR) is 60.9 cm³/mol. The molecule has 0 saturated heterocycles. The number of hydrogen-bond donors (Lipinski definition) is 0. The summed E-state index contributed by atoms with van der Waals surface area (Å²) in [4.78, 5) is 24.8. The van der Waals surface area contributed by atoms with Crippen LogP contribution in [0.1, 0.15) is 30.3 Å². The summed E-state index contributed by atoms with van der Waals surface area (Å²) in [6.45, 7) is 3.02. The van der Waals surface area contributed by atoms with E-state index in [-0.39, 0.29) is 24.4 Å². The number of ether oxygens (including phenoxy) is 1. The fraction of sp³-hybridized carbons (Fsp3) is 0.455. The van der Waals surface area contributed by atoms with Crippen molar-refractivity contribution in [1.82, 2.24) is 4.98 Å². The molecule has 0 atom stereocenters. The molecule has 1 rings (SSSR count). The lowest BCUT2D eigenvalue weighted by Gasteiger charge is -2.07. The normalized spacial score (nSPS) is 10.6. The molecule has 0 spiro atoms. The van der Waals surface area contributed by atoms with Crippen LogP contribution in [0.4, 0.5) is 14.5 Å². The number of rotatable bonds is 5. The van der Waals surface area contributed by atoms with Gasteiger partial charge in [0.2, 0.25) is 0 Å². The molecule has 0 saturated carbocycles. The second-order valence-electron chi connectivity index (χ2n) is 3.68. The van der Waals surface area contributed by atoms with Gasteiger partial charge in [-0.3, -0.25) is 19.9 Å². The predicted octanol–water partition coefficient (Wildman–Crippen LogP) is 2.34. The maximum atomic E-state index is 12.8. The topological polar surface area (TPSA) is 82.3 Å². The number of pyridine rings is 1. The van der Waals surface area contributed by atoms with Crippen molar-refractivity contribution in [3.8, 4) is 0 Å². The van der Waals surface area contributed by atoms with Crippen molar-refractivity contribution in [1.29, 1.82) is 0 Å². The van der Waals surface area contributed by atoms with E-state index in [0.717, 1.165) is 6.07 Å². The molecule has 6 nitrogen and oxygen atoms in total. The summed E-state index contributed by atoms with van der Waals surface area (Å²) in [6, 6.07) is 0.868. The second kappa shape index (κ2) is 6.17. The largest absolute Gasteiger partial charge is 0.466 e. The standard InChI is InChI=1S/C11H12F2N2O4/c1-3-19-9(16)5-7-4-8(11(12)13)10(15(17)18)6(2)14-7/h4,11H,3,5H2,1-2H3. The van der Waals surface area contributed by atoms with Gasteiger partial charge in [0, 0.05) is 0 Å². The van der Waals surface area contributed by atoms with E-state index in [4.69, 9.17) is 0 Å². The SMILES string of the molecule is CCOC(=O)Cc1cc(C(F)F)c([N+](=O)[O-])c(C)n1. The summed E-state index contributed by atoms with van der Waals surface area (Å²) in [7, 11) is 0. The number of aromatic nitrogens is 1. The third-order valence-electron chi connectivity index (χ3n) is 2.30. The van der Waals surface area contributed by atoms with Crippen LogP contribution in [0.25, 0.3) is 0 Å². The lowest BCUT2D eigenvalue weighted by Crippen LogP contribution is -2.11. The van der Waals surface area contributed by atoms with Crippen LogP contribution in [0.2, 0.25) is 0 Å². The van der Waals surface area contributed by atoms with Gasteiger partial charge in [0.15, 0.2) is 0 Å². The van der Waals surface area contributed by atoms with Crippen molar-refractivity contribution in [2.75, 3.05) is 6.61 Å². The smallest absolute Gasteiger partial charge is 0.311 e. The number of nitro groups is 1. The van der Waals surface area contributed by atoms with Gasteiger partial charge in [-0.25, -0.2) is 8.78 Å². The molecule has 0 unspecified atom stereocenters. The van der Waals surface area contributed by atoms with E-state index in [0.29, 0.717) is 0 Å². The van der Waals surface area contributed by atoms with Crippen molar-refractivity contribution in [2.45, 2.75) is 26.7 Å². The zero-order chi connectivity index (χ0) is 14.6. The van der Waals surface area contributed by atoms with Gasteiger partial charge < -0.3 is 4.74 Å². The van der Waals surface area contributed by atoms with E-state index in [1.807, 2.05) is 0 Å². The summed E-state index contributed by atoms with van der Waals surface area (Å²) in [5, 5.41) is 10.7. The quantitative estimate of drug-likeness (QED) is 0.467. The first-order valence-corrected chi connectivity index (χ1v) is 5.45. The van der Waals surface area contributed by atoms with Crippen LogP contribution in [-0.4, -0.2) is 22.5 Å². The first-order chi connectivity index (χ1) is 8.86. The summed E-state index contributed by atoms with van der Waals surface area (Å²) in [5.41, 5.74) is -1.58. The number of nitrogens with zero attached hydrogens (tertiary/aromatic N) is 2. The van der Waals surface area contributed by atoms with Crippen LogP contribution in [0, 0.1) is 17.0 Å². The molecule has 0 amide bonds. The minimum atomic E-state index is -3.01. The van der Waals surface area contributed by atoms with Crippen LogP contribution in [-0.2, 0) is 16.0 Å². The number of esters is 1. The van der Waals surface area contributed by atoms with Crippen LogP contribution in [0.3, 0.4) is 0 Å². The average molecular weight is 274 g/mol. The Bertz CT molecular complexity index is 506. The Kier molecular flexibility index (Phi) is 4.85. The third-order valence-corrected chi connectivity index (χ3v) is 2.30. The number of aryl methyl sites for hydroxylation is 1. The Balaban J connectivity index is 3.17. The van der Waals surface area contributed by atoms with E-state index in [1.165, 1.54) is 6.92 Å². The van der Waals surface area contributed by atoms with E-state index >= 15 is 0 Å². The second-order valence-corrected chi connectivity index (χ2v) is 3.68. The number of carbonyl (C=O) groups excluding carboxylic acids is 1. The fourth-order valence-corrected chi connectivity index (χ4v) is 1.61. The van der Waals surface area contributed by atoms with Crippen LogP contribution >= 0.6 is 0 Å². The first-order valence-electron chi connectivity index (χ1n) is 5.45. The molecule has 0 N–H and O–H groups in total. The van der Waals surface area contributed by atoms with Gasteiger partial charge in [0.05, 0.1) is 29.2 Å². The number of halogens is 2. The Labute approximate surface area is 107 Å². The Morgan fingerprint density at radius 3 is 2.68 bits per heavy atom. The molecule has 1 heterocycles. The van der Waals surface area contributed by atoms with Crippen molar-refractivity contribution in [3.05, 3.63) is 33.1 Å². The first kappa shape index (κ1) is 14.9.